The van der Waals surface area contributed by atoms with Crippen LogP contribution < -0.4 is 5.32 Å². The third kappa shape index (κ3) is 4.03. The van der Waals surface area contributed by atoms with E-state index in [0.29, 0.717) is 22.7 Å². The van der Waals surface area contributed by atoms with Gasteiger partial charge in [-0.05, 0) is 43.7 Å². The molecule has 7 heteroatoms. The van der Waals surface area contributed by atoms with E-state index in [1.54, 1.807) is 12.1 Å². The van der Waals surface area contributed by atoms with Crippen molar-refractivity contribution < 1.29 is 23.5 Å². The molecule has 7 nitrogen and oxygen atoms in total. The Labute approximate surface area is 162 Å². The first kappa shape index (κ1) is 19.2. The summed E-state index contributed by atoms with van der Waals surface area (Å²) in [5.41, 5.74) is 4.64. The fourth-order valence-electron chi connectivity index (χ4n) is 2.68. The summed E-state index contributed by atoms with van der Waals surface area (Å²) in [7, 11) is 2.46. The van der Waals surface area contributed by atoms with E-state index in [1.165, 1.54) is 14.2 Å². The Morgan fingerprint density at radius 2 is 1.79 bits per heavy atom. The van der Waals surface area contributed by atoms with Gasteiger partial charge in [0.15, 0.2) is 5.58 Å². The van der Waals surface area contributed by atoms with Gasteiger partial charge in [-0.25, -0.2) is 14.6 Å². The number of aryl methyl sites for hydroxylation is 2. The number of benzene rings is 2. The minimum absolute atomic E-state index is 0.0460. The molecule has 0 aliphatic carbocycles. The molecule has 0 bridgehead atoms. The first-order valence-electron chi connectivity index (χ1n) is 8.54. The van der Waals surface area contributed by atoms with Crippen LogP contribution in [0.2, 0.25) is 0 Å². The number of fused-ring (bicyclic) bond motifs is 1. The SMILES string of the molecule is COC(=O)/C=C(/Nc1cc(C)c2oc(-c3ccc(C)cc3)nc2c1)C(=O)OC. The van der Waals surface area contributed by atoms with E-state index >= 15 is 0 Å². The quantitative estimate of drug-likeness (QED) is 0.532. The van der Waals surface area contributed by atoms with E-state index in [-0.39, 0.29) is 5.70 Å². The summed E-state index contributed by atoms with van der Waals surface area (Å²) >= 11 is 0. The zero-order valence-electron chi connectivity index (χ0n) is 16.0. The number of anilines is 1. The summed E-state index contributed by atoms with van der Waals surface area (Å²) in [6, 6.07) is 11.4. The van der Waals surface area contributed by atoms with Crippen LogP contribution in [0.1, 0.15) is 11.1 Å². The van der Waals surface area contributed by atoms with Gasteiger partial charge < -0.3 is 19.2 Å². The highest BCUT2D eigenvalue weighted by Crippen LogP contribution is 2.29. The number of carbonyl (C=O) groups excluding carboxylic acids is 2. The Morgan fingerprint density at radius 1 is 1.07 bits per heavy atom. The molecule has 3 aromatic rings. The van der Waals surface area contributed by atoms with E-state index in [4.69, 9.17) is 9.15 Å². The monoisotopic (exact) mass is 380 g/mol. The molecule has 0 fully saturated rings. The maximum Gasteiger partial charge on any atom is 0.354 e. The third-order valence-corrected chi connectivity index (χ3v) is 4.12. The first-order chi connectivity index (χ1) is 13.4. The highest BCUT2D eigenvalue weighted by Gasteiger charge is 2.16. The molecule has 2 aromatic carbocycles. The minimum Gasteiger partial charge on any atom is -0.466 e. The number of hydrogen-bond donors (Lipinski definition) is 1. The van der Waals surface area contributed by atoms with Crippen molar-refractivity contribution in [1.82, 2.24) is 4.98 Å². The summed E-state index contributed by atoms with van der Waals surface area (Å²) in [4.78, 5) is 28.0. The van der Waals surface area contributed by atoms with E-state index in [1.807, 2.05) is 38.1 Å². The zero-order valence-corrected chi connectivity index (χ0v) is 16.0. The van der Waals surface area contributed by atoms with Gasteiger partial charge >= 0.3 is 11.9 Å². The highest BCUT2D eigenvalue weighted by atomic mass is 16.5. The van der Waals surface area contributed by atoms with Crippen molar-refractivity contribution in [3.63, 3.8) is 0 Å². The number of esters is 2. The Balaban J connectivity index is 1.98. The minimum atomic E-state index is -0.691. The lowest BCUT2D eigenvalue weighted by Crippen LogP contribution is -2.15. The van der Waals surface area contributed by atoms with Crippen LogP contribution in [0.4, 0.5) is 5.69 Å². The topological polar surface area (TPSA) is 90.7 Å². The molecule has 0 unspecified atom stereocenters. The average molecular weight is 380 g/mol. The van der Waals surface area contributed by atoms with Crippen LogP contribution in [0.3, 0.4) is 0 Å². The first-order valence-corrected chi connectivity index (χ1v) is 8.54. The van der Waals surface area contributed by atoms with Gasteiger partial charge in [0.2, 0.25) is 5.89 Å². The molecule has 144 valence electrons. The van der Waals surface area contributed by atoms with Crippen molar-refractivity contribution in [1.29, 1.82) is 0 Å². The van der Waals surface area contributed by atoms with Gasteiger partial charge in [-0.2, -0.15) is 0 Å². The fourth-order valence-corrected chi connectivity index (χ4v) is 2.68. The summed E-state index contributed by atoms with van der Waals surface area (Å²) in [5.74, 6) is -0.856. The number of hydrogen-bond acceptors (Lipinski definition) is 7. The number of methoxy groups -OCH3 is 2. The van der Waals surface area contributed by atoms with Crippen LogP contribution >= 0.6 is 0 Å². The molecular formula is C21H20N2O5. The largest absolute Gasteiger partial charge is 0.466 e. The second-order valence-electron chi connectivity index (χ2n) is 6.22. The van der Waals surface area contributed by atoms with Crippen LogP contribution in [-0.4, -0.2) is 31.1 Å². The maximum absolute atomic E-state index is 11.9. The van der Waals surface area contributed by atoms with Crippen LogP contribution in [0.5, 0.6) is 0 Å². The van der Waals surface area contributed by atoms with E-state index in [2.05, 4.69) is 15.0 Å². The third-order valence-electron chi connectivity index (χ3n) is 4.12. The summed E-state index contributed by atoms with van der Waals surface area (Å²) in [5, 5.41) is 2.89. The van der Waals surface area contributed by atoms with Crippen LogP contribution in [-0.2, 0) is 19.1 Å². The van der Waals surface area contributed by atoms with Crippen molar-refractivity contribution in [2.75, 3.05) is 19.5 Å². The smallest absolute Gasteiger partial charge is 0.354 e. The van der Waals surface area contributed by atoms with Gasteiger partial charge in [0.1, 0.15) is 11.2 Å². The number of nitrogens with zero attached hydrogens (tertiary/aromatic N) is 1. The second kappa shape index (κ2) is 7.96. The molecule has 0 atom stereocenters. The van der Waals surface area contributed by atoms with Gasteiger partial charge in [-0.3, -0.25) is 0 Å². The highest BCUT2D eigenvalue weighted by molar-refractivity contribution is 5.99. The molecule has 0 amide bonds. The van der Waals surface area contributed by atoms with Crippen molar-refractivity contribution in [2.24, 2.45) is 0 Å². The number of aromatic nitrogens is 1. The zero-order chi connectivity index (χ0) is 20.3. The molecular weight excluding hydrogens is 360 g/mol. The maximum atomic E-state index is 11.9. The molecule has 0 saturated heterocycles. The predicted octanol–water partition coefficient (Wildman–Crippen LogP) is 3.75. The van der Waals surface area contributed by atoms with E-state index in [9.17, 15) is 9.59 Å². The van der Waals surface area contributed by atoms with Crippen molar-refractivity contribution in [3.05, 3.63) is 59.3 Å². The van der Waals surface area contributed by atoms with Gasteiger partial charge in [0, 0.05) is 11.3 Å². The van der Waals surface area contributed by atoms with Crippen molar-refractivity contribution in [2.45, 2.75) is 13.8 Å². The Kier molecular flexibility index (Phi) is 5.44. The number of rotatable bonds is 5. The summed E-state index contributed by atoms with van der Waals surface area (Å²) < 4.78 is 15.2. The molecule has 0 aliphatic rings. The van der Waals surface area contributed by atoms with Crippen LogP contribution in [0.25, 0.3) is 22.6 Å². The van der Waals surface area contributed by atoms with Gasteiger partial charge in [-0.1, -0.05) is 17.7 Å². The second-order valence-corrected chi connectivity index (χ2v) is 6.22. The van der Waals surface area contributed by atoms with Crippen molar-refractivity contribution in [3.8, 4) is 11.5 Å². The Morgan fingerprint density at radius 3 is 2.43 bits per heavy atom. The standard InChI is InChI=1S/C21H20N2O5/c1-12-5-7-14(8-6-12)20-23-16-10-15(9-13(2)19(16)28-20)22-17(21(25)27-4)11-18(24)26-3/h5-11,22H,1-4H3/b17-11+. The van der Waals surface area contributed by atoms with E-state index < -0.39 is 11.9 Å². The molecule has 0 saturated carbocycles. The summed E-state index contributed by atoms with van der Waals surface area (Å²) in [6.07, 6.45) is 1.03. The summed E-state index contributed by atoms with van der Waals surface area (Å²) in [6.45, 7) is 3.89. The number of nitrogens with one attached hydrogen (secondary N) is 1. The lowest BCUT2D eigenvalue weighted by atomic mass is 10.1. The molecule has 0 aliphatic heterocycles. The normalized spacial score (nSPS) is 11.4. The van der Waals surface area contributed by atoms with Gasteiger partial charge in [0.25, 0.3) is 0 Å². The molecule has 3 rings (SSSR count). The van der Waals surface area contributed by atoms with Crippen LogP contribution in [0, 0.1) is 13.8 Å². The molecule has 1 aromatic heterocycles. The van der Waals surface area contributed by atoms with Crippen LogP contribution in [0.15, 0.2) is 52.6 Å². The molecule has 0 radical (unpaired) electrons. The van der Waals surface area contributed by atoms with Crippen molar-refractivity contribution >= 4 is 28.7 Å². The molecule has 1 heterocycles. The predicted molar refractivity (Wildman–Crippen MR) is 105 cm³/mol. The number of ether oxygens (including phenoxy) is 2. The molecule has 28 heavy (non-hydrogen) atoms. The molecule has 1 N–H and O–H groups in total. The Hall–Kier alpha value is -3.61. The van der Waals surface area contributed by atoms with E-state index in [0.717, 1.165) is 22.8 Å². The number of carbonyl (C=O) groups is 2. The fraction of sp³-hybridized carbons (Fsp3) is 0.190. The number of oxazole rings is 1. The van der Waals surface area contributed by atoms with Gasteiger partial charge in [-0.15, -0.1) is 0 Å². The Bertz CT molecular complexity index is 1060. The lowest BCUT2D eigenvalue weighted by molar-refractivity contribution is -0.138. The average Bonchev–Trinajstić information content (AvgIpc) is 3.12. The molecule has 0 spiro atoms. The lowest BCUT2D eigenvalue weighted by Gasteiger charge is -2.09. The van der Waals surface area contributed by atoms with Gasteiger partial charge in [0.05, 0.1) is 20.3 Å².